The van der Waals surface area contributed by atoms with Crippen LogP contribution in [0.15, 0.2) is 0 Å². The van der Waals surface area contributed by atoms with Gasteiger partial charge >= 0.3 is 5.97 Å². The summed E-state index contributed by atoms with van der Waals surface area (Å²) in [5.41, 5.74) is 0.437. The van der Waals surface area contributed by atoms with Gasteiger partial charge in [-0.25, -0.2) is 0 Å². The van der Waals surface area contributed by atoms with Gasteiger partial charge in [0.2, 0.25) is 5.91 Å². The number of hydrogen-bond donors (Lipinski definition) is 3. The Morgan fingerprint density at radius 1 is 1.03 bits per heavy atom. The van der Waals surface area contributed by atoms with Crippen LogP contribution in [0.1, 0.15) is 91.9 Å². The van der Waals surface area contributed by atoms with Crippen molar-refractivity contribution in [3.8, 4) is 0 Å². The second-order valence-corrected chi connectivity index (χ2v) is 13.0. The van der Waals surface area contributed by atoms with E-state index in [4.69, 9.17) is 0 Å². The van der Waals surface area contributed by atoms with E-state index in [9.17, 15) is 19.8 Å². The summed E-state index contributed by atoms with van der Waals surface area (Å²) in [5, 5.41) is 25.0. The Labute approximate surface area is 212 Å². The van der Waals surface area contributed by atoms with E-state index in [2.05, 4.69) is 37.7 Å². The molecule has 3 N–H and O–H groups in total. The van der Waals surface area contributed by atoms with Gasteiger partial charge in [0.15, 0.2) is 0 Å². The van der Waals surface area contributed by atoms with Crippen molar-refractivity contribution < 1.29 is 24.5 Å². The molecule has 0 aromatic carbocycles. The topological polar surface area (TPSA) is 95.9 Å². The Balaban J connectivity index is 1.47. The molecule has 4 rings (SSSR count). The average Bonchev–Trinajstić information content (AvgIpc) is 3.19. The predicted molar refractivity (Wildman–Crippen MR) is 135 cm³/mol. The summed E-state index contributed by atoms with van der Waals surface area (Å²) in [4.78, 5) is 23.6. The van der Waals surface area contributed by atoms with Gasteiger partial charge in [0, 0.05) is 6.42 Å². The van der Waals surface area contributed by atoms with Crippen molar-refractivity contribution in [3.05, 3.63) is 0 Å². The molecule has 0 radical (unpaired) electrons. The lowest BCUT2D eigenvalue weighted by atomic mass is 9.41. The molecule has 11 atom stereocenters. The van der Waals surface area contributed by atoms with E-state index in [0.29, 0.717) is 41.9 Å². The average molecular weight is 492 g/mol. The number of hydrogen-bond acceptors (Lipinski definition) is 5. The van der Waals surface area contributed by atoms with Crippen LogP contribution >= 0.6 is 0 Å². The van der Waals surface area contributed by atoms with Crippen LogP contribution in [0, 0.1) is 52.3 Å². The molecule has 0 aromatic heterocycles. The fourth-order valence-electron chi connectivity index (χ4n) is 9.82. The van der Waals surface area contributed by atoms with Crippen molar-refractivity contribution in [2.45, 2.75) is 104 Å². The van der Waals surface area contributed by atoms with E-state index in [1.54, 1.807) is 0 Å². The second-order valence-electron chi connectivity index (χ2n) is 13.0. The fourth-order valence-corrected chi connectivity index (χ4v) is 9.82. The maximum absolute atomic E-state index is 12.3. The first-order valence-corrected chi connectivity index (χ1v) is 14.3. The lowest BCUT2D eigenvalue weighted by Gasteiger charge is -2.64. The number of carbonyl (C=O) groups excluding carboxylic acids is 2. The SMILES string of the molecule is CC[C@H]1[C@@H](O)[C@@H]2[C@H](CC[C@]3(C)[C@@H]([C@H](C)CCC(=O)NCC(=O)OC)CC[C@@H]23)[C@@]2(C)CC[C@@H](O)C[C@@H]12. The molecule has 0 unspecified atom stereocenters. The number of amides is 1. The maximum Gasteiger partial charge on any atom is 0.325 e. The zero-order valence-corrected chi connectivity index (χ0v) is 22.6. The lowest BCUT2D eigenvalue weighted by molar-refractivity contribution is -0.203. The van der Waals surface area contributed by atoms with Crippen molar-refractivity contribution in [3.63, 3.8) is 0 Å². The molecule has 1 amide bonds. The summed E-state index contributed by atoms with van der Waals surface area (Å²) in [6.07, 6.45) is 9.36. The Morgan fingerprint density at radius 3 is 2.40 bits per heavy atom. The minimum absolute atomic E-state index is 0.0662. The van der Waals surface area contributed by atoms with Crippen LogP contribution in [0.5, 0.6) is 0 Å². The predicted octanol–water partition coefficient (Wildman–Crippen LogP) is 4.32. The Bertz CT molecular complexity index is 787. The van der Waals surface area contributed by atoms with Gasteiger partial charge in [-0.2, -0.15) is 0 Å². The van der Waals surface area contributed by atoms with E-state index in [1.165, 1.54) is 32.8 Å². The highest BCUT2D eigenvalue weighted by molar-refractivity contribution is 5.81. The normalized spacial score (nSPS) is 45.6. The molecule has 0 heterocycles. The molecule has 4 saturated carbocycles. The van der Waals surface area contributed by atoms with Gasteiger partial charge in [0.25, 0.3) is 0 Å². The smallest absolute Gasteiger partial charge is 0.325 e. The molecular formula is C29H49NO5. The number of ether oxygens (including phenoxy) is 1. The molecule has 0 aliphatic heterocycles. The number of rotatable bonds is 7. The largest absolute Gasteiger partial charge is 0.468 e. The quantitative estimate of drug-likeness (QED) is 0.461. The zero-order valence-electron chi connectivity index (χ0n) is 22.6. The molecule has 0 bridgehead atoms. The summed E-state index contributed by atoms with van der Waals surface area (Å²) < 4.78 is 4.61. The minimum Gasteiger partial charge on any atom is -0.468 e. The number of carbonyl (C=O) groups is 2. The van der Waals surface area contributed by atoms with Crippen LogP contribution in [-0.2, 0) is 14.3 Å². The fraction of sp³-hybridized carbons (Fsp3) is 0.931. The van der Waals surface area contributed by atoms with Gasteiger partial charge in [-0.3, -0.25) is 9.59 Å². The van der Waals surface area contributed by atoms with Crippen molar-refractivity contribution in [1.82, 2.24) is 5.32 Å². The Hall–Kier alpha value is -1.14. The summed E-state index contributed by atoms with van der Waals surface area (Å²) >= 11 is 0. The van der Waals surface area contributed by atoms with Crippen molar-refractivity contribution in [2.75, 3.05) is 13.7 Å². The summed E-state index contributed by atoms with van der Waals surface area (Å²) in [6.45, 7) is 9.42. The van der Waals surface area contributed by atoms with Crippen molar-refractivity contribution in [1.29, 1.82) is 0 Å². The van der Waals surface area contributed by atoms with Gasteiger partial charge in [0.1, 0.15) is 6.54 Å². The molecule has 200 valence electrons. The van der Waals surface area contributed by atoms with Crippen LogP contribution in [0.25, 0.3) is 0 Å². The van der Waals surface area contributed by atoms with Crippen LogP contribution in [0.4, 0.5) is 0 Å². The molecule has 6 heteroatoms. The minimum atomic E-state index is -0.422. The first kappa shape index (κ1) is 26.9. The van der Waals surface area contributed by atoms with Gasteiger partial charge in [-0.05, 0) is 104 Å². The second kappa shape index (κ2) is 10.3. The number of esters is 1. The first-order valence-electron chi connectivity index (χ1n) is 14.3. The van der Waals surface area contributed by atoms with Crippen LogP contribution in [-0.4, -0.2) is 48.0 Å². The first-order chi connectivity index (χ1) is 16.6. The molecule has 4 aliphatic rings. The van der Waals surface area contributed by atoms with Crippen LogP contribution < -0.4 is 5.32 Å². The van der Waals surface area contributed by atoms with E-state index in [-0.39, 0.29) is 41.4 Å². The van der Waals surface area contributed by atoms with Gasteiger partial charge in [0.05, 0.1) is 19.3 Å². The molecule has 6 nitrogen and oxygen atoms in total. The summed E-state index contributed by atoms with van der Waals surface area (Å²) in [6, 6.07) is 0. The standard InChI is InChI=1S/C29H49NO5/c1-6-19-23-15-18(31)11-13-29(23,4)22-12-14-28(3)20(8-9-21(28)26(22)27(19)34)17(2)7-10-24(32)30-16-25(33)35-5/h17-23,26-27,31,34H,6-16H2,1-5H3,(H,30,32)/t17-,18-,19-,20-,21+,22+,23+,26+,27-,28-,29-/m1/s1. The van der Waals surface area contributed by atoms with Gasteiger partial charge in [-0.15, -0.1) is 0 Å². The monoisotopic (exact) mass is 491 g/mol. The highest BCUT2D eigenvalue weighted by atomic mass is 16.5. The van der Waals surface area contributed by atoms with Crippen molar-refractivity contribution >= 4 is 11.9 Å². The van der Waals surface area contributed by atoms with Gasteiger partial charge < -0.3 is 20.3 Å². The third-order valence-corrected chi connectivity index (χ3v) is 11.6. The number of methoxy groups -OCH3 is 1. The summed E-state index contributed by atoms with van der Waals surface area (Å²) in [7, 11) is 1.33. The van der Waals surface area contributed by atoms with Crippen molar-refractivity contribution in [2.24, 2.45) is 52.3 Å². The van der Waals surface area contributed by atoms with Crippen LogP contribution in [0.3, 0.4) is 0 Å². The molecule has 0 aromatic rings. The molecule has 0 spiro atoms. The third kappa shape index (κ3) is 4.67. The number of nitrogens with one attached hydrogen (secondary N) is 1. The number of aliphatic hydroxyl groups is 2. The summed E-state index contributed by atoms with van der Waals surface area (Å²) in [5.74, 6) is 2.64. The van der Waals surface area contributed by atoms with E-state index in [0.717, 1.165) is 32.1 Å². The highest BCUT2D eigenvalue weighted by Gasteiger charge is 2.64. The number of fused-ring (bicyclic) bond motifs is 5. The molecule has 4 fully saturated rings. The van der Waals surface area contributed by atoms with E-state index in [1.807, 2.05) is 0 Å². The molecule has 0 saturated heterocycles. The zero-order chi connectivity index (χ0) is 25.5. The third-order valence-electron chi connectivity index (χ3n) is 11.6. The maximum atomic E-state index is 12.3. The van der Waals surface area contributed by atoms with E-state index >= 15 is 0 Å². The highest BCUT2D eigenvalue weighted by Crippen LogP contribution is 2.69. The molecular weight excluding hydrogens is 442 g/mol. The van der Waals surface area contributed by atoms with E-state index < -0.39 is 5.97 Å². The Kier molecular flexibility index (Phi) is 7.93. The van der Waals surface area contributed by atoms with Crippen LogP contribution in [0.2, 0.25) is 0 Å². The lowest BCUT2D eigenvalue weighted by Crippen LogP contribution is -2.62. The Morgan fingerprint density at radius 2 is 1.71 bits per heavy atom. The van der Waals surface area contributed by atoms with Gasteiger partial charge in [-0.1, -0.05) is 34.1 Å². The molecule has 35 heavy (non-hydrogen) atoms. The molecule has 4 aliphatic carbocycles. The number of aliphatic hydroxyl groups excluding tert-OH is 2.